The normalized spacial score (nSPS) is 29.9. The highest BCUT2D eigenvalue weighted by Gasteiger charge is 2.52. The van der Waals surface area contributed by atoms with Crippen molar-refractivity contribution < 1.29 is 9.31 Å². The van der Waals surface area contributed by atoms with Crippen LogP contribution in [0.4, 0.5) is 0 Å². The average molecular weight is 247 g/mol. The minimum Gasteiger partial charge on any atom is -0.400 e. The summed E-state index contributed by atoms with van der Waals surface area (Å²) in [5.74, 6) is 0.279. The Morgan fingerprint density at radius 1 is 1.17 bits per heavy atom. The predicted octanol–water partition coefficient (Wildman–Crippen LogP) is 3.17. The maximum Gasteiger partial charge on any atom is 0.491 e. The van der Waals surface area contributed by atoms with Crippen LogP contribution < -0.4 is 0 Å². The summed E-state index contributed by atoms with van der Waals surface area (Å²) in [4.78, 5) is 4.32. The third kappa shape index (κ3) is 2.32. The lowest BCUT2D eigenvalue weighted by atomic mass is 9.71. The highest BCUT2D eigenvalue weighted by atomic mass is 16.7. The fourth-order valence-electron chi connectivity index (χ4n) is 2.07. The first-order valence-corrected chi connectivity index (χ1v) is 6.51. The highest BCUT2D eigenvalue weighted by molar-refractivity contribution is 6.55. The summed E-state index contributed by atoms with van der Waals surface area (Å²) in [5.41, 5.74) is 1.54. The van der Waals surface area contributed by atoms with Crippen LogP contribution >= 0.6 is 0 Å². The molecule has 3 nitrogen and oxygen atoms in total. The lowest BCUT2D eigenvalue weighted by molar-refractivity contribution is 0.00578. The Morgan fingerprint density at radius 2 is 1.72 bits per heavy atom. The molecule has 2 rings (SSSR count). The van der Waals surface area contributed by atoms with Gasteiger partial charge >= 0.3 is 7.12 Å². The van der Waals surface area contributed by atoms with E-state index < -0.39 is 0 Å². The second kappa shape index (κ2) is 4.35. The quantitative estimate of drug-likeness (QED) is 0.666. The summed E-state index contributed by atoms with van der Waals surface area (Å²) >= 11 is 0. The fraction of sp³-hybridized carbons (Fsp3) is 0.643. The van der Waals surface area contributed by atoms with Gasteiger partial charge < -0.3 is 9.31 Å². The van der Waals surface area contributed by atoms with E-state index in [-0.39, 0.29) is 24.2 Å². The molecular weight excluding hydrogens is 225 g/mol. The van der Waals surface area contributed by atoms with Crippen LogP contribution in [0, 0.1) is 5.92 Å². The van der Waals surface area contributed by atoms with E-state index in [1.165, 1.54) is 0 Å². The Bertz CT molecular complexity index is 419. The van der Waals surface area contributed by atoms with E-state index in [4.69, 9.17) is 9.31 Å². The largest absolute Gasteiger partial charge is 0.491 e. The fourth-order valence-corrected chi connectivity index (χ4v) is 2.07. The Balaban J connectivity index is 2.29. The Morgan fingerprint density at radius 3 is 2.28 bits per heavy atom. The zero-order chi connectivity index (χ0) is 13.6. The Labute approximate surface area is 110 Å². The lowest BCUT2D eigenvalue weighted by Crippen LogP contribution is -2.41. The molecule has 0 bridgehead atoms. The molecule has 2 heterocycles. The van der Waals surface area contributed by atoms with Gasteiger partial charge in [0.15, 0.2) is 0 Å². The molecule has 2 aliphatic heterocycles. The molecule has 0 saturated carbocycles. The molecule has 0 amide bonds. The third-order valence-electron chi connectivity index (χ3n) is 4.08. The van der Waals surface area contributed by atoms with Crippen molar-refractivity contribution in [2.75, 3.05) is 0 Å². The van der Waals surface area contributed by atoms with E-state index in [0.717, 1.165) is 11.2 Å². The molecular formula is C14H22BNO2. The van der Waals surface area contributed by atoms with Crippen LogP contribution in [0.25, 0.3) is 0 Å². The summed E-state index contributed by atoms with van der Waals surface area (Å²) in [6, 6.07) is 0. The second-order valence-electron chi connectivity index (χ2n) is 6.13. The maximum atomic E-state index is 6.10. The van der Waals surface area contributed by atoms with Crippen molar-refractivity contribution in [3.8, 4) is 0 Å². The van der Waals surface area contributed by atoms with Gasteiger partial charge in [-0.15, -0.1) is 0 Å². The number of rotatable bonds is 1. The SMILES string of the molecule is CC1=NC=CC(C)C(B2OC(C)(C)C(C)(C)O2)=C1. The van der Waals surface area contributed by atoms with Gasteiger partial charge in [0.25, 0.3) is 0 Å². The Hall–Kier alpha value is -0.865. The van der Waals surface area contributed by atoms with Crippen LogP contribution in [0.1, 0.15) is 41.5 Å². The molecule has 0 aliphatic carbocycles. The molecule has 0 spiro atoms. The van der Waals surface area contributed by atoms with Gasteiger partial charge in [0, 0.05) is 11.9 Å². The van der Waals surface area contributed by atoms with E-state index in [1.54, 1.807) is 0 Å². The van der Waals surface area contributed by atoms with Gasteiger partial charge in [-0.25, -0.2) is 0 Å². The first-order chi connectivity index (χ1) is 8.23. The van der Waals surface area contributed by atoms with Crippen LogP contribution in [0.2, 0.25) is 0 Å². The van der Waals surface area contributed by atoms with E-state index in [0.29, 0.717) is 0 Å². The van der Waals surface area contributed by atoms with E-state index in [9.17, 15) is 0 Å². The van der Waals surface area contributed by atoms with E-state index in [2.05, 4.69) is 51.8 Å². The molecule has 98 valence electrons. The maximum absolute atomic E-state index is 6.10. The summed E-state index contributed by atoms with van der Waals surface area (Å²) in [6.07, 6.45) is 6.01. The van der Waals surface area contributed by atoms with Gasteiger partial charge in [0.2, 0.25) is 0 Å². The molecule has 4 heteroatoms. The van der Waals surface area contributed by atoms with Crippen LogP contribution in [-0.4, -0.2) is 24.0 Å². The molecule has 1 atom stereocenters. The number of aliphatic imine (C=N–C) groups is 1. The number of allylic oxidation sites excluding steroid dienone is 3. The number of hydrogen-bond acceptors (Lipinski definition) is 3. The van der Waals surface area contributed by atoms with Crippen molar-refractivity contribution in [3.63, 3.8) is 0 Å². The summed E-state index contributed by atoms with van der Waals surface area (Å²) in [7, 11) is -0.280. The molecule has 0 aromatic carbocycles. The second-order valence-corrected chi connectivity index (χ2v) is 6.13. The summed E-state index contributed by atoms with van der Waals surface area (Å²) in [5, 5.41) is 0. The van der Waals surface area contributed by atoms with Gasteiger partial charge in [0.1, 0.15) is 0 Å². The standard InChI is InChI=1S/C14H22BNO2/c1-10-7-8-16-11(2)9-12(10)15-17-13(3,4)14(5,6)18-15/h7-10H,1-6H3. The molecule has 0 N–H and O–H groups in total. The molecule has 1 saturated heterocycles. The molecule has 18 heavy (non-hydrogen) atoms. The van der Waals surface area contributed by atoms with Gasteiger partial charge in [-0.2, -0.15) is 0 Å². The zero-order valence-electron chi connectivity index (χ0n) is 12.2. The third-order valence-corrected chi connectivity index (χ3v) is 4.08. The molecule has 0 aromatic heterocycles. The monoisotopic (exact) mass is 247 g/mol. The minimum atomic E-state index is -0.292. The van der Waals surface area contributed by atoms with Crippen molar-refractivity contribution >= 4 is 12.8 Å². The van der Waals surface area contributed by atoms with Crippen molar-refractivity contribution in [1.82, 2.24) is 0 Å². The average Bonchev–Trinajstić information content (AvgIpc) is 2.35. The first kappa shape index (κ1) is 13.6. The van der Waals surface area contributed by atoms with Gasteiger partial charge in [-0.05, 0) is 52.1 Å². The van der Waals surface area contributed by atoms with Crippen LogP contribution in [0.3, 0.4) is 0 Å². The van der Waals surface area contributed by atoms with Crippen LogP contribution in [0.5, 0.6) is 0 Å². The molecule has 1 unspecified atom stereocenters. The van der Waals surface area contributed by atoms with Crippen molar-refractivity contribution in [2.24, 2.45) is 10.9 Å². The molecule has 2 aliphatic rings. The highest BCUT2D eigenvalue weighted by Crippen LogP contribution is 2.40. The van der Waals surface area contributed by atoms with Gasteiger partial charge in [-0.3, -0.25) is 4.99 Å². The summed E-state index contributed by atoms with van der Waals surface area (Å²) < 4.78 is 12.2. The van der Waals surface area contributed by atoms with Gasteiger partial charge in [-0.1, -0.05) is 13.0 Å². The molecule has 1 fully saturated rings. The van der Waals surface area contributed by atoms with Crippen molar-refractivity contribution in [3.05, 3.63) is 23.8 Å². The predicted molar refractivity (Wildman–Crippen MR) is 75.6 cm³/mol. The van der Waals surface area contributed by atoms with Crippen molar-refractivity contribution in [1.29, 1.82) is 0 Å². The van der Waals surface area contributed by atoms with E-state index in [1.807, 2.05) is 13.1 Å². The van der Waals surface area contributed by atoms with Gasteiger partial charge in [0.05, 0.1) is 11.2 Å². The number of hydrogen-bond donors (Lipinski definition) is 0. The topological polar surface area (TPSA) is 30.8 Å². The minimum absolute atomic E-state index is 0.279. The van der Waals surface area contributed by atoms with Crippen molar-refractivity contribution in [2.45, 2.75) is 52.7 Å². The molecule has 0 radical (unpaired) electrons. The smallest absolute Gasteiger partial charge is 0.400 e. The van der Waals surface area contributed by atoms with Crippen LogP contribution in [0.15, 0.2) is 28.8 Å². The lowest BCUT2D eigenvalue weighted by Gasteiger charge is -2.32. The number of nitrogens with zero attached hydrogens (tertiary/aromatic N) is 1. The molecule has 0 aromatic rings. The Kier molecular flexibility index (Phi) is 3.28. The van der Waals surface area contributed by atoms with Crippen LogP contribution in [-0.2, 0) is 9.31 Å². The summed E-state index contributed by atoms with van der Waals surface area (Å²) in [6.45, 7) is 12.4. The first-order valence-electron chi connectivity index (χ1n) is 6.51. The van der Waals surface area contributed by atoms with E-state index >= 15 is 0 Å². The zero-order valence-corrected chi connectivity index (χ0v) is 12.2.